The molecule has 0 aliphatic rings. The Hall–Kier alpha value is -1.75. The van der Waals surface area contributed by atoms with Crippen LogP contribution in [0.5, 0.6) is 0 Å². The Labute approximate surface area is 113 Å². The van der Waals surface area contributed by atoms with Crippen LogP contribution in [-0.2, 0) is 6.18 Å². The first-order chi connectivity index (χ1) is 8.89. The van der Waals surface area contributed by atoms with Gasteiger partial charge in [0, 0.05) is 16.0 Å². The number of halogens is 3. The minimum atomic E-state index is -4.48. The summed E-state index contributed by atoms with van der Waals surface area (Å²) in [7, 11) is 0. The second kappa shape index (κ2) is 5.09. The van der Waals surface area contributed by atoms with E-state index in [1.165, 1.54) is 6.07 Å². The van der Waals surface area contributed by atoms with Crippen molar-refractivity contribution in [3.05, 3.63) is 65.2 Å². The van der Waals surface area contributed by atoms with Gasteiger partial charge < -0.3 is 0 Å². The number of benzene rings is 2. The minimum absolute atomic E-state index is 0.0515. The molecule has 98 valence electrons. The summed E-state index contributed by atoms with van der Waals surface area (Å²) in [4.78, 5) is 12.4. The predicted octanol–water partition coefficient (Wildman–Crippen LogP) is 4.23. The molecular formula is C14H9F3OS. The Bertz CT molecular complexity index is 606. The molecule has 0 amide bonds. The van der Waals surface area contributed by atoms with Gasteiger partial charge in [-0.05, 0) is 18.2 Å². The monoisotopic (exact) mass is 282 g/mol. The topological polar surface area (TPSA) is 17.1 Å². The molecule has 1 nitrogen and oxygen atoms in total. The SMILES string of the molecule is O=C(c1ccccc1)c1cc(C(F)(F)F)ccc1S. The molecule has 0 spiro atoms. The fraction of sp³-hybridized carbons (Fsp3) is 0.0714. The van der Waals surface area contributed by atoms with Gasteiger partial charge in [-0.25, -0.2) is 0 Å². The van der Waals surface area contributed by atoms with Gasteiger partial charge in [0.2, 0.25) is 0 Å². The fourth-order valence-corrected chi connectivity index (χ4v) is 1.88. The van der Waals surface area contributed by atoms with E-state index in [-0.39, 0.29) is 10.5 Å². The van der Waals surface area contributed by atoms with Crippen LogP contribution in [-0.4, -0.2) is 5.78 Å². The van der Waals surface area contributed by atoms with Crippen LogP contribution in [0.1, 0.15) is 21.5 Å². The molecule has 0 saturated heterocycles. The summed E-state index contributed by atoms with van der Waals surface area (Å²) in [5, 5.41) is 0. The summed E-state index contributed by atoms with van der Waals surface area (Å²) >= 11 is 4.04. The van der Waals surface area contributed by atoms with Crippen molar-refractivity contribution in [2.24, 2.45) is 0 Å². The molecule has 0 N–H and O–H groups in total. The number of hydrogen-bond acceptors (Lipinski definition) is 2. The highest BCUT2D eigenvalue weighted by atomic mass is 32.1. The second-order valence-corrected chi connectivity index (χ2v) is 4.41. The Kier molecular flexibility index (Phi) is 3.66. The lowest BCUT2D eigenvalue weighted by atomic mass is 10.0. The smallest absolute Gasteiger partial charge is 0.289 e. The maximum absolute atomic E-state index is 12.6. The number of rotatable bonds is 2. The van der Waals surface area contributed by atoms with Gasteiger partial charge in [0.25, 0.3) is 0 Å². The maximum Gasteiger partial charge on any atom is 0.416 e. The summed E-state index contributed by atoms with van der Waals surface area (Å²) in [6, 6.07) is 11.1. The maximum atomic E-state index is 12.6. The molecule has 2 rings (SSSR count). The highest BCUT2D eigenvalue weighted by Crippen LogP contribution is 2.32. The highest BCUT2D eigenvalue weighted by Gasteiger charge is 2.31. The first-order valence-electron chi connectivity index (χ1n) is 5.39. The van der Waals surface area contributed by atoms with Crippen molar-refractivity contribution >= 4 is 18.4 Å². The minimum Gasteiger partial charge on any atom is -0.289 e. The van der Waals surface area contributed by atoms with Crippen molar-refractivity contribution in [2.75, 3.05) is 0 Å². The average molecular weight is 282 g/mol. The lowest BCUT2D eigenvalue weighted by Crippen LogP contribution is -2.09. The molecule has 0 atom stereocenters. The molecule has 5 heteroatoms. The lowest BCUT2D eigenvalue weighted by molar-refractivity contribution is -0.137. The average Bonchev–Trinajstić information content (AvgIpc) is 2.38. The van der Waals surface area contributed by atoms with Crippen molar-refractivity contribution in [1.82, 2.24) is 0 Å². The van der Waals surface area contributed by atoms with Crippen molar-refractivity contribution in [1.29, 1.82) is 0 Å². The van der Waals surface area contributed by atoms with Gasteiger partial charge in [0.1, 0.15) is 0 Å². The van der Waals surface area contributed by atoms with Crippen LogP contribution >= 0.6 is 12.6 Å². The Morgan fingerprint density at radius 3 is 2.21 bits per heavy atom. The third kappa shape index (κ3) is 2.98. The number of alkyl halides is 3. The molecule has 0 heterocycles. The summed E-state index contributed by atoms with van der Waals surface area (Å²) < 4.78 is 37.9. The van der Waals surface area contributed by atoms with E-state index in [0.717, 1.165) is 12.1 Å². The predicted molar refractivity (Wildman–Crippen MR) is 68.6 cm³/mol. The standard InChI is InChI=1S/C14H9F3OS/c15-14(16,17)10-6-7-12(19)11(8-10)13(18)9-4-2-1-3-5-9/h1-8,19H. The van der Waals surface area contributed by atoms with Crippen molar-refractivity contribution in [3.63, 3.8) is 0 Å². The van der Waals surface area contributed by atoms with Crippen LogP contribution in [0, 0.1) is 0 Å². The third-order valence-corrected chi connectivity index (χ3v) is 2.99. The van der Waals surface area contributed by atoms with Crippen LogP contribution in [0.2, 0.25) is 0 Å². The fourth-order valence-electron chi connectivity index (χ4n) is 1.64. The quantitative estimate of drug-likeness (QED) is 0.644. The van der Waals surface area contributed by atoms with E-state index in [9.17, 15) is 18.0 Å². The van der Waals surface area contributed by atoms with E-state index in [2.05, 4.69) is 12.6 Å². The number of carbonyl (C=O) groups excluding carboxylic acids is 1. The molecule has 0 bridgehead atoms. The van der Waals surface area contributed by atoms with Crippen LogP contribution in [0.4, 0.5) is 13.2 Å². The Morgan fingerprint density at radius 2 is 1.63 bits per heavy atom. The summed E-state index contributed by atoms with van der Waals surface area (Å²) in [5.74, 6) is -0.475. The van der Waals surface area contributed by atoms with Gasteiger partial charge in [0.05, 0.1) is 5.56 Å². The molecular weight excluding hydrogens is 273 g/mol. The molecule has 2 aromatic rings. The van der Waals surface area contributed by atoms with Crippen molar-refractivity contribution in [2.45, 2.75) is 11.1 Å². The van der Waals surface area contributed by atoms with E-state index in [1.807, 2.05) is 0 Å². The summed E-state index contributed by atoms with van der Waals surface area (Å²) in [5.41, 5.74) is -0.578. The number of hydrogen-bond donors (Lipinski definition) is 1. The zero-order valence-electron chi connectivity index (χ0n) is 9.61. The van der Waals surface area contributed by atoms with Crippen LogP contribution < -0.4 is 0 Å². The Balaban J connectivity index is 2.48. The Morgan fingerprint density at radius 1 is 1.00 bits per heavy atom. The zero-order valence-corrected chi connectivity index (χ0v) is 10.5. The zero-order chi connectivity index (χ0) is 14.0. The van der Waals surface area contributed by atoms with Crippen LogP contribution in [0.25, 0.3) is 0 Å². The van der Waals surface area contributed by atoms with E-state index in [0.29, 0.717) is 5.56 Å². The van der Waals surface area contributed by atoms with Gasteiger partial charge in [-0.2, -0.15) is 13.2 Å². The number of thiol groups is 1. The molecule has 0 unspecified atom stereocenters. The molecule has 19 heavy (non-hydrogen) atoms. The van der Waals surface area contributed by atoms with Gasteiger partial charge in [-0.15, -0.1) is 12.6 Å². The van der Waals surface area contributed by atoms with E-state index in [4.69, 9.17) is 0 Å². The van der Waals surface area contributed by atoms with E-state index < -0.39 is 17.5 Å². The lowest BCUT2D eigenvalue weighted by Gasteiger charge is -2.10. The first-order valence-corrected chi connectivity index (χ1v) is 5.84. The van der Waals surface area contributed by atoms with E-state index in [1.54, 1.807) is 30.3 Å². The number of carbonyl (C=O) groups is 1. The molecule has 0 radical (unpaired) electrons. The van der Waals surface area contributed by atoms with Crippen LogP contribution in [0.3, 0.4) is 0 Å². The summed E-state index contributed by atoms with van der Waals surface area (Å²) in [6.07, 6.45) is -4.48. The largest absolute Gasteiger partial charge is 0.416 e. The number of ketones is 1. The van der Waals surface area contributed by atoms with Gasteiger partial charge in [-0.3, -0.25) is 4.79 Å². The molecule has 0 saturated carbocycles. The molecule has 2 aromatic carbocycles. The molecule has 0 aliphatic heterocycles. The summed E-state index contributed by atoms with van der Waals surface area (Å²) in [6.45, 7) is 0. The van der Waals surface area contributed by atoms with Gasteiger partial charge in [-0.1, -0.05) is 30.3 Å². The second-order valence-electron chi connectivity index (χ2n) is 3.92. The van der Waals surface area contributed by atoms with Gasteiger partial charge in [0.15, 0.2) is 5.78 Å². The molecule has 0 fully saturated rings. The third-order valence-electron chi connectivity index (χ3n) is 2.60. The van der Waals surface area contributed by atoms with Gasteiger partial charge >= 0.3 is 6.18 Å². The normalized spacial score (nSPS) is 11.4. The molecule has 0 aromatic heterocycles. The van der Waals surface area contributed by atoms with Crippen LogP contribution in [0.15, 0.2) is 53.4 Å². The van der Waals surface area contributed by atoms with Crippen molar-refractivity contribution < 1.29 is 18.0 Å². The van der Waals surface area contributed by atoms with E-state index >= 15 is 0 Å². The highest BCUT2D eigenvalue weighted by molar-refractivity contribution is 7.80. The molecule has 0 aliphatic carbocycles. The first kappa shape index (κ1) is 13.7. The van der Waals surface area contributed by atoms with Crippen molar-refractivity contribution in [3.8, 4) is 0 Å².